The minimum atomic E-state index is 0.558. The average Bonchev–Trinajstić information content (AvgIpc) is 2.89. The quantitative estimate of drug-likeness (QED) is 0.405. The molecule has 0 saturated carbocycles. The Balaban J connectivity index is 1.65. The molecule has 0 unspecified atom stereocenters. The van der Waals surface area contributed by atoms with Crippen molar-refractivity contribution >= 4 is 27.6 Å². The smallest absolute Gasteiger partial charge is 0.130 e. The van der Waals surface area contributed by atoms with Gasteiger partial charge in [0.1, 0.15) is 12.4 Å². The molecule has 1 fully saturated rings. The molecule has 0 N–H and O–H groups in total. The lowest BCUT2D eigenvalue weighted by Crippen LogP contribution is -2.36. The van der Waals surface area contributed by atoms with Crippen LogP contribution in [0.5, 0.6) is 5.75 Å². The Morgan fingerprint density at radius 1 is 0.656 bits per heavy atom. The van der Waals surface area contributed by atoms with Crippen molar-refractivity contribution in [1.29, 1.82) is 0 Å². The van der Waals surface area contributed by atoms with Gasteiger partial charge in [0.2, 0.25) is 0 Å². The highest BCUT2D eigenvalue weighted by Crippen LogP contribution is 2.47. The van der Waals surface area contributed by atoms with Crippen molar-refractivity contribution in [3.05, 3.63) is 108 Å². The molecule has 1 saturated heterocycles. The molecule has 0 amide bonds. The van der Waals surface area contributed by atoms with Crippen molar-refractivity contribution in [2.24, 2.45) is 0 Å². The molecule has 6 rings (SSSR count). The van der Waals surface area contributed by atoms with Crippen molar-refractivity contribution in [1.82, 2.24) is 0 Å². The van der Waals surface area contributed by atoms with E-state index >= 15 is 0 Å². The third kappa shape index (κ3) is 3.26. The zero-order valence-corrected chi connectivity index (χ0v) is 18.0. The predicted octanol–water partition coefficient (Wildman–Crippen LogP) is 6.03. The van der Waals surface area contributed by atoms with Crippen LogP contribution in [-0.2, 0) is 4.74 Å². The number of fused-ring (bicyclic) bond motifs is 3. The third-order valence-electron chi connectivity index (χ3n) is 6.45. The van der Waals surface area contributed by atoms with Gasteiger partial charge in [0.05, 0.1) is 13.2 Å². The maximum Gasteiger partial charge on any atom is 0.130 e. The summed E-state index contributed by atoms with van der Waals surface area (Å²) in [5, 5.41) is 2.50. The van der Waals surface area contributed by atoms with Gasteiger partial charge < -0.3 is 14.4 Å². The number of rotatable bonds is 3. The van der Waals surface area contributed by atoms with Crippen LogP contribution in [0.1, 0.15) is 16.7 Å². The van der Waals surface area contributed by atoms with Crippen LogP contribution in [0.3, 0.4) is 0 Å². The number of nitrogens with zero attached hydrogens (tertiary/aromatic N) is 1. The fraction of sp³-hybridized carbons (Fsp3) is 0.172. The Morgan fingerprint density at radius 2 is 1.28 bits per heavy atom. The van der Waals surface area contributed by atoms with E-state index in [-0.39, 0.29) is 0 Å². The van der Waals surface area contributed by atoms with Gasteiger partial charge in [-0.15, -0.1) is 0 Å². The highest BCUT2D eigenvalue weighted by molar-refractivity contribution is 6.12. The van der Waals surface area contributed by atoms with E-state index in [1.165, 1.54) is 44.3 Å². The van der Waals surface area contributed by atoms with Gasteiger partial charge in [0.25, 0.3) is 0 Å². The summed E-state index contributed by atoms with van der Waals surface area (Å²) in [6.45, 7) is 3.89. The first-order valence-corrected chi connectivity index (χ1v) is 11.3. The van der Waals surface area contributed by atoms with E-state index in [4.69, 9.17) is 9.47 Å². The first-order chi connectivity index (χ1) is 15.9. The average molecular weight is 420 g/mol. The molecule has 0 atom stereocenters. The molecule has 4 aromatic rings. The largest absolute Gasteiger partial charge is 0.488 e. The zero-order chi connectivity index (χ0) is 21.3. The third-order valence-corrected chi connectivity index (χ3v) is 6.45. The Morgan fingerprint density at radius 3 is 2.00 bits per heavy atom. The van der Waals surface area contributed by atoms with E-state index in [0.717, 1.165) is 32.1 Å². The minimum absolute atomic E-state index is 0.558. The van der Waals surface area contributed by atoms with Gasteiger partial charge >= 0.3 is 0 Å². The van der Waals surface area contributed by atoms with Crippen LogP contribution in [0.15, 0.2) is 91.0 Å². The molecule has 3 heteroatoms. The summed E-state index contributed by atoms with van der Waals surface area (Å²) in [7, 11) is 0. The number of hydrogen-bond acceptors (Lipinski definition) is 3. The first kappa shape index (κ1) is 19.1. The summed E-state index contributed by atoms with van der Waals surface area (Å²) < 4.78 is 12.1. The molecule has 2 aliphatic rings. The van der Waals surface area contributed by atoms with Gasteiger partial charge in [0, 0.05) is 46.9 Å². The molecule has 2 aliphatic heterocycles. The Labute approximate surface area is 188 Å². The predicted molar refractivity (Wildman–Crippen MR) is 131 cm³/mol. The summed E-state index contributed by atoms with van der Waals surface area (Å²) in [5.74, 6) is 0.962. The topological polar surface area (TPSA) is 21.7 Å². The second-order valence-electron chi connectivity index (χ2n) is 8.29. The number of hydrogen-bond donors (Lipinski definition) is 0. The fourth-order valence-electron chi connectivity index (χ4n) is 4.93. The van der Waals surface area contributed by atoms with Crippen LogP contribution in [0.2, 0.25) is 0 Å². The molecule has 3 nitrogen and oxygen atoms in total. The number of ether oxygens (including phenoxy) is 2. The molecule has 0 bridgehead atoms. The van der Waals surface area contributed by atoms with Crippen molar-refractivity contribution in [2.75, 3.05) is 37.8 Å². The lowest BCUT2D eigenvalue weighted by molar-refractivity contribution is 0.123. The molecular formula is C29H25NO2. The van der Waals surface area contributed by atoms with Crippen LogP contribution in [0.4, 0.5) is 5.69 Å². The van der Waals surface area contributed by atoms with E-state index in [0.29, 0.717) is 6.61 Å². The lowest BCUT2D eigenvalue weighted by Gasteiger charge is -2.33. The van der Waals surface area contributed by atoms with Gasteiger partial charge in [-0.2, -0.15) is 0 Å². The minimum Gasteiger partial charge on any atom is -0.488 e. The molecule has 158 valence electrons. The maximum atomic E-state index is 6.47. The maximum absolute atomic E-state index is 6.47. The number of morpholine rings is 1. The van der Waals surface area contributed by atoms with Crippen molar-refractivity contribution < 1.29 is 9.47 Å². The van der Waals surface area contributed by atoms with Gasteiger partial charge in [0.15, 0.2) is 0 Å². The van der Waals surface area contributed by atoms with E-state index in [2.05, 4.69) is 95.9 Å². The van der Waals surface area contributed by atoms with Crippen LogP contribution in [-0.4, -0.2) is 32.9 Å². The highest BCUT2D eigenvalue weighted by atomic mass is 16.5. The lowest BCUT2D eigenvalue weighted by atomic mass is 9.85. The van der Waals surface area contributed by atoms with E-state index in [9.17, 15) is 0 Å². The summed E-state index contributed by atoms with van der Waals surface area (Å²) in [5.41, 5.74) is 7.35. The van der Waals surface area contributed by atoms with Gasteiger partial charge in [-0.1, -0.05) is 84.9 Å². The zero-order valence-electron chi connectivity index (χ0n) is 18.0. The standard InChI is InChI=1S/C29H25NO2/c1-3-9-21(10-4-1)25-20-32-27-19-26(30-15-17-31-18-16-30)23-13-7-8-14-24(23)29(27)28(25)22-11-5-2-6-12-22/h1-14,19H,15-18,20H2. The van der Waals surface area contributed by atoms with Crippen molar-refractivity contribution in [3.63, 3.8) is 0 Å². The molecule has 0 aromatic heterocycles. The van der Waals surface area contributed by atoms with Crippen molar-refractivity contribution in [3.8, 4) is 5.75 Å². The van der Waals surface area contributed by atoms with E-state index in [1.807, 2.05) is 0 Å². The molecule has 32 heavy (non-hydrogen) atoms. The fourth-order valence-corrected chi connectivity index (χ4v) is 4.93. The molecule has 2 heterocycles. The van der Waals surface area contributed by atoms with Crippen LogP contribution in [0, 0.1) is 0 Å². The van der Waals surface area contributed by atoms with E-state index < -0.39 is 0 Å². The number of anilines is 1. The molecule has 0 radical (unpaired) electrons. The SMILES string of the molecule is c1ccc(C2=C(c3ccccc3)c3c(cc(N4CCOCC4)c4ccccc34)OC2)cc1. The Kier molecular flexibility index (Phi) is 4.89. The van der Waals surface area contributed by atoms with E-state index in [1.54, 1.807) is 0 Å². The Hall–Kier alpha value is -3.56. The Bertz CT molecular complexity index is 1290. The van der Waals surface area contributed by atoms with Gasteiger partial charge in [-0.05, 0) is 16.5 Å². The second-order valence-corrected chi connectivity index (χ2v) is 8.29. The van der Waals surface area contributed by atoms with Gasteiger partial charge in [-0.3, -0.25) is 0 Å². The first-order valence-electron chi connectivity index (χ1n) is 11.3. The summed E-state index contributed by atoms with van der Waals surface area (Å²) >= 11 is 0. The molecule has 0 aliphatic carbocycles. The highest BCUT2D eigenvalue weighted by Gasteiger charge is 2.27. The summed E-state index contributed by atoms with van der Waals surface area (Å²) in [6.07, 6.45) is 0. The van der Waals surface area contributed by atoms with Crippen LogP contribution < -0.4 is 9.64 Å². The van der Waals surface area contributed by atoms with Crippen LogP contribution in [0.25, 0.3) is 21.9 Å². The molecule has 0 spiro atoms. The molecular weight excluding hydrogens is 394 g/mol. The van der Waals surface area contributed by atoms with Gasteiger partial charge in [-0.25, -0.2) is 0 Å². The monoisotopic (exact) mass is 419 g/mol. The van der Waals surface area contributed by atoms with Crippen molar-refractivity contribution in [2.45, 2.75) is 0 Å². The second kappa shape index (κ2) is 8.18. The number of benzene rings is 4. The molecule has 4 aromatic carbocycles. The summed E-state index contributed by atoms with van der Waals surface area (Å²) in [4.78, 5) is 2.42. The summed E-state index contributed by atoms with van der Waals surface area (Å²) in [6, 6.07) is 32.3. The normalized spacial score (nSPS) is 16.1. The van der Waals surface area contributed by atoms with Crippen LogP contribution >= 0.6 is 0 Å².